The van der Waals surface area contributed by atoms with E-state index in [-0.39, 0.29) is 0 Å². The molecule has 0 aliphatic rings. The van der Waals surface area contributed by atoms with Gasteiger partial charge < -0.3 is 0 Å². The second-order valence-electron chi connectivity index (χ2n) is 5.37. The Morgan fingerprint density at radius 1 is 0.857 bits per heavy atom. The minimum absolute atomic E-state index is 0.846. The van der Waals surface area contributed by atoms with Crippen molar-refractivity contribution >= 4 is 8.07 Å². The predicted molar refractivity (Wildman–Crippen MR) is 70.5 cm³/mol. The minimum atomic E-state index is -1.27. The quantitative estimate of drug-likeness (QED) is 0.564. The van der Waals surface area contributed by atoms with E-state index in [2.05, 4.69) is 61.5 Å². The molecule has 0 radical (unpaired) electrons. The van der Waals surface area contributed by atoms with Gasteiger partial charge in [0.05, 0.1) is 8.07 Å². The molecule has 0 aliphatic heterocycles. The summed E-state index contributed by atoms with van der Waals surface area (Å²) in [6, 6.07) is 0. The third-order valence-electron chi connectivity index (χ3n) is 3.98. The van der Waals surface area contributed by atoms with E-state index in [1.807, 2.05) is 0 Å². The lowest BCUT2D eigenvalue weighted by molar-refractivity contribution is 0.822. The Bertz CT molecular complexity index is 178. The average molecular weight is 212 g/mol. The van der Waals surface area contributed by atoms with Gasteiger partial charge in [-0.05, 0) is 30.5 Å². The van der Waals surface area contributed by atoms with E-state index in [0.717, 1.165) is 16.6 Å². The normalized spacial score (nSPS) is 14.6. The van der Waals surface area contributed by atoms with Crippen LogP contribution in [0.4, 0.5) is 0 Å². The number of allylic oxidation sites excluding steroid dienone is 2. The van der Waals surface area contributed by atoms with E-state index < -0.39 is 8.07 Å². The van der Waals surface area contributed by atoms with Crippen LogP contribution in [-0.2, 0) is 0 Å². The van der Waals surface area contributed by atoms with Gasteiger partial charge in [0.25, 0.3) is 0 Å². The molecule has 0 saturated carbocycles. The van der Waals surface area contributed by atoms with Crippen LogP contribution < -0.4 is 0 Å². The van der Waals surface area contributed by atoms with Crippen molar-refractivity contribution in [1.82, 2.24) is 0 Å². The monoisotopic (exact) mass is 212 g/mol. The molecule has 0 aromatic carbocycles. The summed E-state index contributed by atoms with van der Waals surface area (Å²) in [5.74, 6) is 0. The van der Waals surface area contributed by atoms with Crippen molar-refractivity contribution in [3.63, 3.8) is 0 Å². The highest BCUT2D eigenvalue weighted by molar-refractivity contribution is 6.89. The van der Waals surface area contributed by atoms with Gasteiger partial charge in [-0.15, -0.1) is 0 Å². The van der Waals surface area contributed by atoms with Crippen molar-refractivity contribution in [2.45, 2.75) is 72.0 Å². The Kier molecular flexibility index (Phi) is 5.14. The highest BCUT2D eigenvalue weighted by Crippen LogP contribution is 2.45. The molecule has 0 heterocycles. The summed E-state index contributed by atoms with van der Waals surface area (Å²) >= 11 is 0. The molecule has 0 fully saturated rings. The van der Waals surface area contributed by atoms with Crippen LogP contribution in [0, 0.1) is 0 Å². The molecular formula is C13H28Si. The maximum atomic E-state index is 2.42. The molecule has 0 aromatic heterocycles. The molecule has 0 aromatic rings. The van der Waals surface area contributed by atoms with Crippen molar-refractivity contribution in [2.75, 3.05) is 0 Å². The van der Waals surface area contributed by atoms with Gasteiger partial charge in [0.15, 0.2) is 0 Å². The van der Waals surface area contributed by atoms with Crippen LogP contribution in [0.1, 0.15) is 55.4 Å². The Labute approximate surface area is 91.8 Å². The summed E-state index contributed by atoms with van der Waals surface area (Å²) in [6.07, 6.45) is 2.35. The molecule has 0 atom stereocenters. The van der Waals surface area contributed by atoms with Crippen molar-refractivity contribution in [3.05, 3.63) is 11.3 Å². The summed E-state index contributed by atoms with van der Waals surface area (Å²) in [5.41, 5.74) is 2.54. The van der Waals surface area contributed by atoms with Gasteiger partial charge in [-0.25, -0.2) is 0 Å². The second kappa shape index (κ2) is 5.15. The minimum Gasteiger partial charge on any atom is -0.0925 e. The molecule has 84 valence electrons. The van der Waals surface area contributed by atoms with Crippen LogP contribution in [0.15, 0.2) is 11.3 Å². The largest absolute Gasteiger partial charge is 0.0925 e. The zero-order valence-corrected chi connectivity index (χ0v) is 12.3. The lowest BCUT2D eigenvalue weighted by atomic mass is 10.5. The van der Waals surface area contributed by atoms with E-state index in [1.54, 1.807) is 5.20 Å². The molecule has 0 rings (SSSR count). The molecular weight excluding hydrogens is 184 g/mol. The van der Waals surface area contributed by atoms with E-state index in [1.165, 1.54) is 0 Å². The van der Waals surface area contributed by atoms with Crippen molar-refractivity contribution in [3.8, 4) is 0 Å². The maximum Gasteiger partial charge on any atom is 0.0882 e. The van der Waals surface area contributed by atoms with Crippen LogP contribution >= 0.6 is 0 Å². The summed E-state index contributed by atoms with van der Waals surface area (Å²) in [7, 11) is -1.27. The first-order valence-electron chi connectivity index (χ1n) is 5.95. The van der Waals surface area contributed by atoms with Gasteiger partial charge in [0.2, 0.25) is 0 Å². The number of rotatable bonds is 4. The van der Waals surface area contributed by atoms with E-state index in [9.17, 15) is 0 Å². The summed E-state index contributed by atoms with van der Waals surface area (Å²) < 4.78 is 0. The first-order chi connectivity index (χ1) is 6.31. The van der Waals surface area contributed by atoms with E-state index >= 15 is 0 Å². The van der Waals surface area contributed by atoms with Crippen LogP contribution in [0.5, 0.6) is 0 Å². The predicted octanol–water partition coefficient (Wildman–Crippen LogP) is 5.17. The molecule has 0 saturated heterocycles. The first-order valence-corrected chi connectivity index (χ1v) is 8.18. The standard InChI is InChI=1S/C13H28Si/c1-9-13(8)14(10(2)3,11(4)5)12(6)7/h9-12H,1-8H3. The molecule has 0 amide bonds. The van der Waals surface area contributed by atoms with Gasteiger partial charge in [-0.2, -0.15) is 0 Å². The van der Waals surface area contributed by atoms with Gasteiger partial charge in [-0.1, -0.05) is 52.8 Å². The Morgan fingerprint density at radius 3 is 1.21 bits per heavy atom. The van der Waals surface area contributed by atoms with Crippen LogP contribution in [0.3, 0.4) is 0 Å². The smallest absolute Gasteiger partial charge is 0.0882 e. The van der Waals surface area contributed by atoms with E-state index in [0.29, 0.717) is 0 Å². The lowest BCUT2D eigenvalue weighted by Gasteiger charge is -2.44. The van der Waals surface area contributed by atoms with Crippen LogP contribution in [0.25, 0.3) is 0 Å². The molecule has 1 heteroatoms. The Balaban J connectivity index is 5.39. The molecule has 0 unspecified atom stereocenters. The van der Waals surface area contributed by atoms with Gasteiger partial charge in [0.1, 0.15) is 0 Å². The van der Waals surface area contributed by atoms with Crippen molar-refractivity contribution < 1.29 is 0 Å². The zero-order chi connectivity index (χ0) is 11.5. The molecule has 14 heavy (non-hydrogen) atoms. The van der Waals surface area contributed by atoms with Crippen LogP contribution in [0.2, 0.25) is 16.6 Å². The van der Waals surface area contributed by atoms with E-state index in [4.69, 9.17) is 0 Å². The third kappa shape index (κ3) is 2.13. The molecule has 0 bridgehead atoms. The van der Waals surface area contributed by atoms with Crippen molar-refractivity contribution in [1.29, 1.82) is 0 Å². The maximum absolute atomic E-state index is 2.42. The average Bonchev–Trinajstić information content (AvgIpc) is 2.02. The third-order valence-corrected chi connectivity index (χ3v) is 11.4. The van der Waals surface area contributed by atoms with Gasteiger partial charge in [0, 0.05) is 0 Å². The topological polar surface area (TPSA) is 0 Å². The fourth-order valence-corrected chi connectivity index (χ4v) is 10.8. The Hall–Kier alpha value is -0.0431. The summed E-state index contributed by atoms with van der Waals surface area (Å²) in [4.78, 5) is 0. The fourth-order valence-electron chi connectivity index (χ4n) is 3.62. The summed E-state index contributed by atoms with van der Waals surface area (Å²) in [5, 5.41) is 1.69. The Morgan fingerprint density at radius 2 is 1.14 bits per heavy atom. The highest BCUT2D eigenvalue weighted by Gasteiger charge is 2.43. The fraction of sp³-hybridized carbons (Fsp3) is 0.846. The molecule has 0 nitrogen and oxygen atoms in total. The zero-order valence-electron chi connectivity index (χ0n) is 11.3. The van der Waals surface area contributed by atoms with Gasteiger partial charge in [-0.3, -0.25) is 0 Å². The van der Waals surface area contributed by atoms with Crippen LogP contribution in [-0.4, -0.2) is 8.07 Å². The first kappa shape index (κ1) is 14.0. The number of hydrogen-bond donors (Lipinski definition) is 0. The SMILES string of the molecule is CC=C(C)[Si](C(C)C)(C(C)C)C(C)C. The highest BCUT2D eigenvalue weighted by atomic mass is 28.3. The van der Waals surface area contributed by atoms with Gasteiger partial charge >= 0.3 is 0 Å². The lowest BCUT2D eigenvalue weighted by Crippen LogP contribution is -2.46. The second-order valence-corrected chi connectivity index (χ2v) is 11.5. The molecule has 0 aliphatic carbocycles. The molecule has 0 N–H and O–H groups in total. The summed E-state index contributed by atoms with van der Waals surface area (Å²) in [6.45, 7) is 19.0. The van der Waals surface area contributed by atoms with Crippen molar-refractivity contribution in [2.24, 2.45) is 0 Å². The molecule has 0 spiro atoms. The number of hydrogen-bond acceptors (Lipinski definition) is 0.